The third-order valence-corrected chi connectivity index (χ3v) is 5.30. The Kier molecular flexibility index (Phi) is 7.50. The van der Waals surface area contributed by atoms with Crippen LogP contribution in [0.15, 0.2) is 6.07 Å². The second-order valence-electron chi connectivity index (χ2n) is 7.52. The third kappa shape index (κ3) is 4.72. The maximum atomic E-state index is 13.0. The minimum absolute atomic E-state index is 0.0782. The number of benzene rings is 1. The van der Waals surface area contributed by atoms with E-state index in [1.165, 1.54) is 34.3 Å². The summed E-state index contributed by atoms with van der Waals surface area (Å²) in [5.74, 6) is -2.23. The molecule has 2 aliphatic heterocycles. The molecule has 0 radical (unpaired) electrons. The van der Waals surface area contributed by atoms with E-state index in [2.05, 4.69) is 0 Å². The molecule has 5 atom stereocenters. The Bertz CT molecular complexity index is 987. The molecule has 1 saturated heterocycles. The largest absolute Gasteiger partial charge is 0.493 e. The van der Waals surface area contributed by atoms with Crippen molar-refractivity contribution in [1.29, 1.82) is 0 Å². The highest BCUT2D eigenvalue weighted by atomic mass is 16.7. The van der Waals surface area contributed by atoms with Crippen LogP contribution in [0.4, 0.5) is 0 Å². The van der Waals surface area contributed by atoms with Crippen molar-refractivity contribution < 1.29 is 57.1 Å². The Balaban J connectivity index is 2.19. The summed E-state index contributed by atoms with van der Waals surface area (Å²) in [7, 11) is 4.17. The van der Waals surface area contributed by atoms with Gasteiger partial charge in [0, 0.05) is 26.3 Å². The molecule has 0 spiro atoms. The molecule has 2 heterocycles. The second-order valence-corrected chi connectivity index (χ2v) is 7.52. The lowest BCUT2D eigenvalue weighted by Crippen LogP contribution is -2.60. The lowest BCUT2D eigenvalue weighted by atomic mass is 9.85. The Hall–Kier alpha value is -3.54. The maximum Gasteiger partial charge on any atom is 0.339 e. The smallest absolute Gasteiger partial charge is 0.339 e. The van der Waals surface area contributed by atoms with Gasteiger partial charge in [-0.05, 0) is 6.07 Å². The minimum atomic E-state index is -1.27. The van der Waals surface area contributed by atoms with Crippen LogP contribution in [0.5, 0.6) is 17.2 Å². The normalized spacial score (nSPS) is 25.1. The lowest BCUT2D eigenvalue weighted by molar-refractivity contribution is -0.251. The van der Waals surface area contributed by atoms with E-state index in [0.29, 0.717) is 0 Å². The summed E-state index contributed by atoms with van der Waals surface area (Å²) in [6, 6.07) is 1.42. The molecule has 12 nitrogen and oxygen atoms in total. The molecule has 0 aliphatic carbocycles. The average Bonchev–Trinajstić information content (AvgIpc) is 2.77. The second kappa shape index (κ2) is 10.2. The zero-order valence-corrected chi connectivity index (χ0v) is 19.6. The lowest BCUT2D eigenvalue weighted by Gasteiger charge is -2.46. The summed E-state index contributed by atoms with van der Waals surface area (Å²) >= 11 is 0. The Morgan fingerprint density at radius 1 is 0.882 bits per heavy atom. The Labute approximate surface area is 195 Å². The number of methoxy groups -OCH3 is 3. The molecule has 1 aromatic carbocycles. The molecule has 2 aliphatic rings. The van der Waals surface area contributed by atoms with Gasteiger partial charge in [0.1, 0.15) is 18.8 Å². The van der Waals surface area contributed by atoms with Crippen molar-refractivity contribution in [2.75, 3.05) is 27.9 Å². The fraction of sp³-hybridized carbons (Fsp3) is 0.545. The van der Waals surface area contributed by atoms with Crippen LogP contribution < -0.4 is 14.2 Å². The van der Waals surface area contributed by atoms with Crippen molar-refractivity contribution in [3.8, 4) is 17.2 Å². The molecule has 34 heavy (non-hydrogen) atoms. The predicted molar refractivity (Wildman–Crippen MR) is 111 cm³/mol. The first-order chi connectivity index (χ1) is 16.1. The van der Waals surface area contributed by atoms with Gasteiger partial charge in [-0.3, -0.25) is 14.4 Å². The van der Waals surface area contributed by atoms with Crippen molar-refractivity contribution in [3.05, 3.63) is 17.2 Å². The van der Waals surface area contributed by atoms with Gasteiger partial charge in [0.2, 0.25) is 5.75 Å². The number of fused-ring (bicyclic) bond motifs is 3. The molecule has 3 rings (SSSR count). The zero-order valence-electron chi connectivity index (χ0n) is 19.6. The van der Waals surface area contributed by atoms with Crippen LogP contribution in [0, 0.1) is 0 Å². The number of carbonyl (C=O) groups excluding carboxylic acids is 4. The quantitative estimate of drug-likeness (QED) is 0.406. The van der Waals surface area contributed by atoms with E-state index in [9.17, 15) is 19.2 Å². The predicted octanol–water partition coefficient (Wildman–Crippen LogP) is 1.12. The van der Waals surface area contributed by atoms with Gasteiger partial charge >= 0.3 is 23.9 Å². The van der Waals surface area contributed by atoms with E-state index in [1.54, 1.807) is 0 Å². The van der Waals surface area contributed by atoms with Crippen LogP contribution in [-0.2, 0) is 38.1 Å². The van der Waals surface area contributed by atoms with Crippen LogP contribution in [0.2, 0.25) is 0 Å². The summed E-state index contributed by atoms with van der Waals surface area (Å²) in [6.07, 6.45) is -5.84. The van der Waals surface area contributed by atoms with Gasteiger partial charge in [-0.15, -0.1) is 0 Å². The highest BCUT2D eigenvalue weighted by molar-refractivity contribution is 5.95. The van der Waals surface area contributed by atoms with Crippen LogP contribution in [0.25, 0.3) is 0 Å². The highest BCUT2D eigenvalue weighted by Crippen LogP contribution is 2.51. The van der Waals surface area contributed by atoms with Crippen molar-refractivity contribution >= 4 is 23.9 Å². The van der Waals surface area contributed by atoms with Crippen molar-refractivity contribution in [3.63, 3.8) is 0 Å². The summed E-state index contributed by atoms with van der Waals surface area (Å²) in [5, 5.41) is 0. The molecule has 12 heteroatoms. The minimum Gasteiger partial charge on any atom is -0.493 e. The highest BCUT2D eigenvalue weighted by Gasteiger charge is 2.56. The summed E-state index contributed by atoms with van der Waals surface area (Å²) in [5.41, 5.74) is 0.335. The molecule has 1 aromatic rings. The summed E-state index contributed by atoms with van der Waals surface area (Å²) in [4.78, 5) is 48.2. The molecule has 0 saturated carbocycles. The number of carbonyl (C=O) groups is 4. The Morgan fingerprint density at radius 2 is 1.50 bits per heavy atom. The molecule has 0 unspecified atom stereocenters. The van der Waals surface area contributed by atoms with Gasteiger partial charge in [0.05, 0.1) is 26.9 Å². The first-order valence-corrected chi connectivity index (χ1v) is 10.3. The van der Waals surface area contributed by atoms with Crippen LogP contribution in [0.3, 0.4) is 0 Å². The first kappa shape index (κ1) is 25.1. The van der Waals surface area contributed by atoms with Crippen molar-refractivity contribution in [2.45, 2.75) is 51.3 Å². The molecular formula is C22H26O12. The molecule has 0 aromatic heterocycles. The molecule has 0 bridgehead atoms. The first-order valence-electron chi connectivity index (χ1n) is 10.3. The van der Waals surface area contributed by atoms with E-state index in [-0.39, 0.29) is 35.0 Å². The fourth-order valence-corrected chi connectivity index (χ4v) is 4.09. The Morgan fingerprint density at radius 3 is 2.03 bits per heavy atom. The van der Waals surface area contributed by atoms with E-state index < -0.39 is 54.4 Å². The van der Waals surface area contributed by atoms with E-state index >= 15 is 0 Å². The van der Waals surface area contributed by atoms with Gasteiger partial charge in [-0.1, -0.05) is 0 Å². The fourth-order valence-electron chi connectivity index (χ4n) is 4.09. The molecule has 0 N–H and O–H groups in total. The average molecular weight is 482 g/mol. The van der Waals surface area contributed by atoms with Gasteiger partial charge in [0.15, 0.2) is 29.8 Å². The molecular weight excluding hydrogens is 456 g/mol. The van der Waals surface area contributed by atoms with E-state index in [0.717, 1.165) is 13.8 Å². The van der Waals surface area contributed by atoms with Crippen LogP contribution in [-0.4, -0.2) is 76.2 Å². The SMILES string of the molecule is COc1cc2c(c(OC)c1OC)[C@@H]1O[C@H](COC(C)=O)[C@@H](OC(C)=O)[C@H](OC(C)=O)[C@H]1OC2=O. The molecule has 186 valence electrons. The van der Waals surface area contributed by atoms with Gasteiger partial charge in [-0.25, -0.2) is 4.79 Å². The number of esters is 4. The number of ether oxygens (including phenoxy) is 8. The van der Waals surface area contributed by atoms with E-state index in [1.807, 2.05) is 0 Å². The monoisotopic (exact) mass is 482 g/mol. The summed E-state index contributed by atoms with van der Waals surface area (Å²) in [6.45, 7) is 3.19. The topological polar surface area (TPSA) is 142 Å². The van der Waals surface area contributed by atoms with Gasteiger partial charge in [0.25, 0.3) is 0 Å². The van der Waals surface area contributed by atoms with Gasteiger partial charge < -0.3 is 37.9 Å². The molecule has 1 fully saturated rings. The standard InChI is InChI=1S/C22H26O12/c1-9(23)30-8-14-17(31-10(2)24)20(32-11(3)25)21-19(33-14)15-12(22(26)34-21)7-13(27-4)16(28-5)18(15)29-6/h7,14,17,19-21H,8H2,1-6H3/t14-,17-,19+,20+,21+/m1/s1. The zero-order chi connectivity index (χ0) is 25.2. The molecule has 0 amide bonds. The van der Waals surface area contributed by atoms with Gasteiger partial charge in [-0.2, -0.15) is 0 Å². The van der Waals surface area contributed by atoms with Crippen molar-refractivity contribution in [1.82, 2.24) is 0 Å². The number of hydrogen-bond donors (Lipinski definition) is 0. The van der Waals surface area contributed by atoms with Crippen LogP contribution in [0.1, 0.15) is 42.8 Å². The number of rotatable bonds is 7. The van der Waals surface area contributed by atoms with Crippen LogP contribution >= 0.6 is 0 Å². The van der Waals surface area contributed by atoms with E-state index in [4.69, 9.17) is 37.9 Å². The third-order valence-electron chi connectivity index (χ3n) is 5.30. The maximum absolute atomic E-state index is 13.0. The number of hydrogen-bond acceptors (Lipinski definition) is 12. The van der Waals surface area contributed by atoms with Crippen molar-refractivity contribution in [2.24, 2.45) is 0 Å². The summed E-state index contributed by atoms with van der Waals surface area (Å²) < 4.78 is 43.9.